The number of carbonyl (C=O) groups excluding carboxylic acids is 1. The van der Waals surface area contributed by atoms with Crippen molar-refractivity contribution >= 4 is 5.91 Å². The van der Waals surface area contributed by atoms with Crippen molar-refractivity contribution in [3.63, 3.8) is 0 Å². The van der Waals surface area contributed by atoms with Gasteiger partial charge < -0.3 is 14.4 Å². The first-order valence-corrected chi connectivity index (χ1v) is 7.15. The summed E-state index contributed by atoms with van der Waals surface area (Å²) in [5.41, 5.74) is 0.344. The molecule has 0 atom stereocenters. The Hall–Kier alpha value is -1.96. The molecule has 1 amide bonds. The molecule has 0 unspecified atom stereocenters. The molecule has 1 heterocycles. The van der Waals surface area contributed by atoms with Crippen LogP contribution in [0.15, 0.2) is 18.2 Å². The number of nitrogens with zero attached hydrogens (tertiary/aromatic N) is 2. The van der Waals surface area contributed by atoms with E-state index in [1.165, 1.54) is 24.0 Å². The Kier molecular flexibility index (Phi) is 5.35. The topological polar surface area (TPSA) is 42.0 Å². The maximum atomic E-state index is 12.6. The predicted octanol–water partition coefficient (Wildman–Crippen LogP) is 2.02. The maximum Gasteiger partial charge on any atom is 0.401 e. The molecule has 23 heavy (non-hydrogen) atoms. The van der Waals surface area contributed by atoms with Crippen LogP contribution in [0, 0.1) is 0 Å². The van der Waals surface area contributed by atoms with E-state index in [4.69, 9.17) is 9.47 Å². The minimum atomic E-state index is -4.22. The van der Waals surface area contributed by atoms with Crippen molar-refractivity contribution < 1.29 is 27.4 Å². The second-order valence-corrected chi connectivity index (χ2v) is 5.22. The van der Waals surface area contributed by atoms with Gasteiger partial charge in [0.05, 0.1) is 26.3 Å². The average Bonchev–Trinajstić information content (AvgIpc) is 2.52. The van der Waals surface area contributed by atoms with Crippen LogP contribution in [0.3, 0.4) is 0 Å². The number of para-hydroxylation sites is 1. The van der Waals surface area contributed by atoms with Crippen LogP contribution in [0.25, 0.3) is 0 Å². The van der Waals surface area contributed by atoms with Crippen molar-refractivity contribution in [2.45, 2.75) is 6.18 Å². The van der Waals surface area contributed by atoms with Crippen molar-refractivity contribution in [1.29, 1.82) is 0 Å². The standard InChI is InChI=1S/C15H19F3N2O3/c1-22-12-5-3-4-11(13(12)23-2)14(21)20-8-6-19(7-9-20)10-15(16,17)18/h3-5H,6-10H2,1-2H3. The highest BCUT2D eigenvalue weighted by Gasteiger charge is 2.33. The molecule has 1 aliphatic heterocycles. The zero-order valence-corrected chi connectivity index (χ0v) is 13.0. The molecule has 1 aliphatic rings. The number of amides is 1. The van der Waals surface area contributed by atoms with Gasteiger partial charge in [0.25, 0.3) is 5.91 Å². The molecule has 1 aromatic carbocycles. The van der Waals surface area contributed by atoms with Crippen molar-refractivity contribution in [1.82, 2.24) is 9.80 Å². The number of halogens is 3. The van der Waals surface area contributed by atoms with Crippen molar-refractivity contribution in [3.8, 4) is 11.5 Å². The molecule has 0 aliphatic carbocycles. The molecule has 1 aromatic rings. The lowest BCUT2D eigenvalue weighted by molar-refractivity contribution is -0.148. The van der Waals surface area contributed by atoms with Gasteiger partial charge in [0.15, 0.2) is 11.5 Å². The number of methoxy groups -OCH3 is 2. The summed E-state index contributed by atoms with van der Waals surface area (Å²) in [7, 11) is 2.91. The highest BCUT2D eigenvalue weighted by Crippen LogP contribution is 2.31. The van der Waals surface area contributed by atoms with Gasteiger partial charge in [0, 0.05) is 26.2 Å². The second kappa shape index (κ2) is 7.08. The van der Waals surface area contributed by atoms with Gasteiger partial charge in [0.1, 0.15) is 0 Å². The highest BCUT2D eigenvalue weighted by molar-refractivity contribution is 5.97. The van der Waals surface area contributed by atoms with E-state index in [1.807, 2.05) is 0 Å². The third-order valence-electron chi connectivity index (χ3n) is 3.70. The Morgan fingerprint density at radius 2 is 1.78 bits per heavy atom. The fourth-order valence-corrected chi connectivity index (χ4v) is 2.59. The number of benzene rings is 1. The fourth-order valence-electron chi connectivity index (χ4n) is 2.59. The minimum Gasteiger partial charge on any atom is -0.493 e. The Morgan fingerprint density at radius 3 is 2.30 bits per heavy atom. The van der Waals surface area contributed by atoms with Crippen molar-refractivity contribution in [3.05, 3.63) is 23.8 Å². The summed E-state index contributed by atoms with van der Waals surface area (Å²) in [4.78, 5) is 15.4. The molecule has 0 aromatic heterocycles. The van der Waals surface area contributed by atoms with Crippen LogP contribution < -0.4 is 9.47 Å². The zero-order chi connectivity index (χ0) is 17.0. The number of ether oxygens (including phenoxy) is 2. The van der Waals surface area contributed by atoms with Crippen LogP contribution in [-0.4, -0.2) is 68.8 Å². The van der Waals surface area contributed by atoms with E-state index in [-0.39, 0.29) is 32.1 Å². The van der Waals surface area contributed by atoms with Crippen LogP contribution in [0.5, 0.6) is 11.5 Å². The first-order chi connectivity index (χ1) is 10.9. The number of alkyl halides is 3. The smallest absolute Gasteiger partial charge is 0.401 e. The molecule has 1 saturated heterocycles. The first kappa shape index (κ1) is 17.4. The Bertz CT molecular complexity index is 555. The molecular weight excluding hydrogens is 313 g/mol. The molecule has 0 radical (unpaired) electrons. The average molecular weight is 332 g/mol. The summed E-state index contributed by atoms with van der Waals surface area (Å²) in [5, 5.41) is 0. The predicted molar refractivity (Wildman–Crippen MR) is 77.9 cm³/mol. The van der Waals surface area contributed by atoms with Gasteiger partial charge in [-0.15, -0.1) is 0 Å². The molecule has 0 saturated carbocycles. The fraction of sp³-hybridized carbons (Fsp3) is 0.533. The normalized spacial score (nSPS) is 16.3. The molecule has 128 valence electrons. The van der Waals surface area contributed by atoms with Crippen LogP contribution in [0.4, 0.5) is 13.2 Å². The first-order valence-electron chi connectivity index (χ1n) is 7.15. The summed E-state index contributed by atoms with van der Waals surface area (Å²) >= 11 is 0. The summed E-state index contributed by atoms with van der Waals surface area (Å²) in [5.74, 6) is 0.499. The van der Waals surface area contributed by atoms with Crippen LogP contribution >= 0.6 is 0 Å². The minimum absolute atomic E-state index is 0.192. The molecule has 0 spiro atoms. The van der Waals surface area contributed by atoms with E-state index >= 15 is 0 Å². The highest BCUT2D eigenvalue weighted by atomic mass is 19.4. The largest absolute Gasteiger partial charge is 0.493 e. The Morgan fingerprint density at radius 1 is 1.13 bits per heavy atom. The molecule has 0 N–H and O–H groups in total. The van der Waals surface area contributed by atoms with E-state index in [2.05, 4.69) is 0 Å². The lowest BCUT2D eigenvalue weighted by Crippen LogP contribution is -2.50. The van der Waals surface area contributed by atoms with Gasteiger partial charge in [0.2, 0.25) is 0 Å². The molecule has 1 fully saturated rings. The molecular formula is C15H19F3N2O3. The van der Waals surface area contributed by atoms with Crippen LogP contribution in [-0.2, 0) is 0 Å². The third kappa shape index (κ3) is 4.28. The van der Waals surface area contributed by atoms with Gasteiger partial charge in [-0.3, -0.25) is 9.69 Å². The van der Waals surface area contributed by atoms with E-state index in [1.54, 1.807) is 18.2 Å². The Balaban J connectivity index is 2.06. The molecule has 8 heteroatoms. The molecule has 2 rings (SSSR count). The van der Waals surface area contributed by atoms with E-state index < -0.39 is 12.7 Å². The number of hydrogen-bond acceptors (Lipinski definition) is 4. The second-order valence-electron chi connectivity index (χ2n) is 5.22. The zero-order valence-electron chi connectivity index (χ0n) is 13.0. The SMILES string of the molecule is COc1cccc(C(=O)N2CCN(CC(F)(F)F)CC2)c1OC. The van der Waals surface area contributed by atoms with Gasteiger partial charge in [-0.1, -0.05) is 6.07 Å². The number of piperazine rings is 1. The lowest BCUT2D eigenvalue weighted by atomic mass is 10.1. The van der Waals surface area contributed by atoms with Crippen molar-refractivity contribution in [2.75, 3.05) is 46.9 Å². The van der Waals surface area contributed by atoms with Crippen molar-refractivity contribution in [2.24, 2.45) is 0 Å². The Labute approximate surface area is 132 Å². The van der Waals surface area contributed by atoms with Crippen LogP contribution in [0.1, 0.15) is 10.4 Å². The van der Waals surface area contributed by atoms with E-state index in [9.17, 15) is 18.0 Å². The quantitative estimate of drug-likeness (QED) is 0.846. The molecule has 5 nitrogen and oxygen atoms in total. The van der Waals surface area contributed by atoms with Gasteiger partial charge in [-0.2, -0.15) is 13.2 Å². The summed E-state index contributed by atoms with van der Waals surface area (Å²) in [6.07, 6.45) is -4.22. The number of rotatable bonds is 4. The van der Waals surface area contributed by atoms with Gasteiger partial charge >= 0.3 is 6.18 Å². The summed E-state index contributed by atoms with van der Waals surface area (Å²) in [6, 6.07) is 4.97. The monoisotopic (exact) mass is 332 g/mol. The number of hydrogen-bond donors (Lipinski definition) is 0. The molecule has 0 bridgehead atoms. The summed E-state index contributed by atoms with van der Waals surface area (Å²) < 4.78 is 47.6. The van der Waals surface area contributed by atoms with Gasteiger partial charge in [-0.25, -0.2) is 0 Å². The van der Waals surface area contributed by atoms with E-state index in [0.717, 1.165) is 0 Å². The maximum absolute atomic E-state index is 12.6. The van der Waals surface area contributed by atoms with Crippen LogP contribution in [0.2, 0.25) is 0 Å². The number of carbonyl (C=O) groups is 1. The van der Waals surface area contributed by atoms with Gasteiger partial charge in [-0.05, 0) is 12.1 Å². The summed E-state index contributed by atoms with van der Waals surface area (Å²) in [6.45, 7) is -0.0723. The third-order valence-corrected chi connectivity index (χ3v) is 3.70. The van der Waals surface area contributed by atoms with E-state index in [0.29, 0.717) is 17.1 Å². The lowest BCUT2D eigenvalue weighted by Gasteiger charge is -2.35.